The molecular weight excluding hydrogens is 203 g/mol. The van der Waals surface area contributed by atoms with Crippen molar-refractivity contribution in [1.82, 2.24) is 0 Å². The Balaban J connectivity index is 0.00000225. The molecule has 0 aromatic heterocycles. The van der Waals surface area contributed by atoms with Gasteiger partial charge in [-0.3, -0.25) is 0 Å². The normalized spacial score (nSPS) is 9.81. The molecule has 1 aromatic rings. The average Bonchev–Trinajstić information content (AvgIpc) is 2.29. The molecule has 0 unspecified atom stereocenters. The summed E-state index contributed by atoms with van der Waals surface area (Å²) in [5.74, 6) is 0. The van der Waals surface area contributed by atoms with Crippen molar-refractivity contribution in [2.75, 3.05) is 0 Å². The first kappa shape index (κ1) is 16.2. The first-order valence-corrected chi connectivity index (χ1v) is 6.47. The van der Waals surface area contributed by atoms with Gasteiger partial charge in [0.05, 0.1) is 0 Å². The summed E-state index contributed by atoms with van der Waals surface area (Å²) in [5, 5.41) is 0. The van der Waals surface area contributed by atoms with Crippen molar-refractivity contribution < 1.29 is 0 Å². The number of unbranched alkanes of at least 4 members (excludes halogenated alkanes) is 6. The van der Waals surface area contributed by atoms with Crippen molar-refractivity contribution in [2.45, 2.75) is 58.3 Å². The van der Waals surface area contributed by atoms with Gasteiger partial charge in [-0.05, 0) is 18.4 Å². The smallest absolute Gasteiger partial charge is 0 e. The Kier molecular flexibility index (Phi) is 11.9. The van der Waals surface area contributed by atoms with Crippen LogP contribution in [0.5, 0.6) is 0 Å². The predicted octanol–water partition coefficient (Wildman–Crippen LogP) is 4.60. The maximum absolute atomic E-state index is 2.27. The van der Waals surface area contributed by atoms with E-state index in [-0.39, 0.29) is 29.6 Å². The molecule has 0 nitrogen and oxygen atoms in total. The molecule has 0 spiro atoms. The monoisotopic (exact) mass is 227 g/mol. The Bertz CT molecular complexity index is 230. The molecule has 0 saturated carbocycles. The molecule has 0 aliphatic rings. The van der Waals surface area contributed by atoms with Gasteiger partial charge >= 0.3 is 0 Å². The Hall–Kier alpha value is 0.220. The molecule has 0 N–H and O–H groups in total. The maximum Gasteiger partial charge on any atom is 0 e. The summed E-state index contributed by atoms with van der Waals surface area (Å²) < 4.78 is 0. The molecular formula is C15H24Na. The second-order valence-electron chi connectivity index (χ2n) is 4.36. The van der Waals surface area contributed by atoms with Crippen LogP contribution in [0.25, 0.3) is 0 Å². The minimum absolute atomic E-state index is 0. The standard InChI is InChI=1S/C15H24.Na/c1-2-3-4-5-6-7-9-12-15-13-10-8-11-14-15;/h8,10-11,13-14H,2-7,9,12H2,1H3;. The van der Waals surface area contributed by atoms with E-state index in [9.17, 15) is 0 Å². The van der Waals surface area contributed by atoms with Gasteiger partial charge in [-0.25, -0.2) is 0 Å². The molecule has 0 aliphatic heterocycles. The number of hydrogen-bond acceptors (Lipinski definition) is 0. The van der Waals surface area contributed by atoms with Crippen molar-refractivity contribution >= 4 is 29.6 Å². The molecule has 0 fully saturated rings. The van der Waals surface area contributed by atoms with Gasteiger partial charge in [0.15, 0.2) is 0 Å². The van der Waals surface area contributed by atoms with Gasteiger partial charge in [-0.2, -0.15) is 0 Å². The molecule has 0 aliphatic carbocycles. The Morgan fingerprint density at radius 3 is 1.94 bits per heavy atom. The third-order valence-corrected chi connectivity index (χ3v) is 2.91. The van der Waals surface area contributed by atoms with Crippen molar-refractivity contribution in [2.24, 2.45) is 0 Å². The fourth-order valence-corrected chi connectivity index (χ4v) is 1.93. The average molecular weight is 227 g/mol. The van der Waals surface area contributed by atoms with E-state index in [1.807, 2.05) is 0 Å². The van der Waals surface area contributed by atoms with Crippen molar-refractivity contribution in [1.29, 1.82) is 0 Å². The van der Waals surface area contributed by atoms with Gasteiger partial charge in [0, 0.05) is 29.6 Å². The summed E-state index contributed by atoms with van der Waals surface area (Å²) in [4.78, 5) is 0. The van der Waals surface area contributed by atoms with E-state index >= 15 is 0 Å². The van der Waals surface area contributed by atoms with Crippen LogP contribution in [0.1, 0.15) is 57.4 Å². The number of hydrogen-bond donors (Lipinski definition) is 0. The fourth-order valence-electron chi connectivity index (χ4n) is 1.93. The van der Waals surface area contributed by atoms with E-state index in [0.29, 0.717) is 0 Å². The molecule has 85 valence electrons. The summed E-state index contributed by atoms with van der Waals surface area (Å²) in [7, 11) is 0. The molecule has 0 amide bonds. The minimum Gasteiger partial charge on any atom is -0.0654 e. The minimum atomic E-state index is 0. The summed E-state index contributed by atoms with van der Waals surface area (Å²) in [6.07, 6.45) is 11.1. The van der Waals surface area contributed by atoms with E-state index < -0.39 is 0 Å². The second-order valence-corrected chi connectivity index (χ2v) is 4.36. The van der Waals surface area contributed by atoms with Crippen LogP contribution in [-0.2, 0) is 6.42 Å². The van der Waals surface area contributed by atoms with Gasteiger partial charge < -0.3 is 0 Å². The summed E-state index contributed by atoms with van der Waals surface area (Å²) in [6.45, 7) is 2.27. The number of benzene rings is 1. The van der Waals surface area contributed by atoms with Crippen LogP contribution in [0.2, 0.25) is 0 Å². The zero-order valence-electron chi connectivity index (χ0n) is 11.0. The zero-order chi connectivity index (χ0) is 10.8. The van der Waals surface area contributed by atoms with Gasteiger partial charge in [0.2, 0.25) is 0 Å². The van der Waals surface area contributed by atoms with E-state index in [2.05, 4.69) is 37.3 Å². The zero-order valence-corrected chi connectivity index (χ0v) is 13.0. The topological polar surface area (TPSA) is 0 Å². The second kappa shape index (κ2) is 11.7. The summed E-state index contributed by atoms with van der Waals surface area (Å²) in [5.41, 5.74) is 1.49. The third-order valence-electron chi connectivity index (χ3n) is 2.91. The van der Waals surface area contributed by atoms with Crippen LogP contribution in [0.3, 0.4) is 0 Å². The Morgan fingerprint density at radius 2 is 1.31 bits per heavy atom. The molecule has 1 radical (unpaired) electrons. The van der Waals surface area contributed by atoms with Crippen LogP contribution < -0.4 is 0 Å². The molecule has 0 bridgehead atoms. The van der Waals surface area contributed by atoms with E-state index in [0.717, 1.165) is 0 Å². The molecule has 0 atom stereocenters. The van der Waals surface area contributed by atoms with E-state index in [1.165, 1.54) is 56.9 Å². The van der Waals surface area contributed by atoms with E-state index in [1.54, 1.807) is 0 Å². The fraction of sp³-hybridized carbons (Fsp3) is 0.600. The Morgan fingerprint density at radius 1 is 0.750 bits per heavy atom. The van der Waals surface area contributed by atoms with Gasteiger partial charge in [-0.1, -0.05) is 75.8 Å². The van der Waals surface area contributed by atoms with Crippen LogP contribution >= 0.6 is 0 Å². The molecule has 1 aromatic carbocycles. The summed E-state index contributed by atoms with van der Waals surface area (Å²) in [6, 6.07) is 10.8. The van der Waals surface area contributed by atoms with Gasteiger partial charge in [-0.15, -0.1) is 0 Å². The van der Waals surface area contributed by atoms with Crippen molar-refractivity contribution in [3.63, 3.8) is 0 Å². The van der Waals surface area contributed by atoms with Crippen molar-refractivity contribution in [3.8, 4) is 0 Å². The summed E-state index contributed by atoms with van der Waals surface area (Å²) >= 11 is 0. The first-order chi connectivity index (χ1) is 7.43. The van der Waals surface area contributed by atoms with Crippen LogP contribution in [0.15, 0.2) is 30.3 Å². The predicted molar refractivity (Wildman–Crippen MR) is 73.9 cm³/mol. The van der Waals surface area contributed by atoms with Gasteiger partial charge in [0.1, 0.15) is 0 Å². The number of aryl methyl sites for hydroxylation is 1. The Labute approximate surface area is 123 Å². The molecule has 0 heterocycles. The molecule has 16 heavy (non-hydrogen) atoms. The van der Waals surface area contributed by atoms with Gasteiger partial charge in [0.25, 0.3) is 0 Å². The molecule has 0 saturated heterocycles. The molecule has 1 rings (SSSR count). The van der Waals surface area contributed by atoms with Crippen LogP contribution in [0.4, 0.5) is 0 Å². The van der Waals surface area contributed by atoms with Crippen LogP contribution in [-0.4, -0.2) is 29.6 Å². The SMILES string of the molecule is CCCCCCCCCc1ccccc1.[Na]. The molecule has 1 heteroatoms. The first-order valence-electron chi connectivity index (χ1n) is 6.47. The van der Waals surface area contributed by atoms with Crippen molar-refractivity contribution in [3.05, 3.63) is 35.9 Å². The number of rotatable bonds is 8. The van der Waals surface area contributed by atoms with E-state index in [4.69, 9.17) is 0 Å². The quantitative estimate of drug-likeness (QED) is 0.450. The van der Waals surface area contributed by atoms with Crippen LogP contribution in [0, 0.1) is 0 Å². The third kappa shape index (κ3) is 8.38. The largest absolute Gasteiger partial charge is 0.0654 e. The maximum atomic E-state index is 2.27.